The van der Waals surface area contributed by atoms with Crippen molar-refractivity contribution in [3.05, 3.63) is 24.3 Å². The molecular formula is C13H20F2N2O. The monoisotopic (exact) mass is 258 g/mol. The highest BCUT2D eigenvalue weighted by atomic mass is 19.3. The van der Waals surface area contributed by atoms with Gasteiger partial charge < -0.3 is 15.0 Å². The highest BCUT2D eigenvalue weighted by Crippen LogP contribution is 2.25. The van der Waals surface area contributed by atoms with Crippen molar-refractivity contribution < 1.29 is 13.5 Å². The van der Waals surface area contributed by atoms with Crippen LogP contribution >= 0.6 is 0 Å². The van der Waals surface area contributed by atoms with Crippen molar-refractivity contribution in [1.82, 2.24) is 4.90 Å². The van der Waals surface area contributed by atoms with E-state index in [0.29, 0.717) is 12.2 Å². The summed E-state index contributed by atoms with van der Waals surface area (Å²) in [6.07, 6.45) is 0. The zero-order valence-corrected chi connectivity index (χ0v) is 10.8. The van der Waals surface area contributed by atoms with Crippen molar-refractivity contribution in [2.75, 3.05) is 31.5 Å². The first kappa shape index (κ1) is 14.7. The summed E-state index contributed by atoms with van der Waals surface area (Å²) in [5.74, 6) is 0.187. The molecule has 0 bridgehead atoms. The van der Waals surface area contributed by atoms with Crippen molar-refractivity contribution in [2.24, 2.45) is 0 Å². The van der Waals surface area contributed by atoms with Gasteiger partial charge in [-0.15, -0.1) is 0 Å². The fraction of sp³-hybridized carbons (Fsp3) is 0.538. The summed E-state index contributed by atoms with van der Waals surface area (Å²) >= 11 is 0. The molecule has 0 saturated heterocycles. The average Bonchev–Trinajstić information content (AvgIpc) is 2.36. The first-order valence-electron chi connectivity index (χ1n) is 6.17. The number of hydrogen-bond donors (Lipinski definition) is 1. The molecule has 1 aromatic carbocycles. The highest BCUT2D eigenvalue weighted by molar-refractivity contribution is 5.56. The third-order valence-corrected chi connectivity index (χ3v) is 2.74. The largest absolute Gasteiger partial charge is 0.433 e. The quantitative estimate of drug-likeness (QED) is 0.775. The molecule has 0 atom stereocenters. The van der Waals surface area contributed by atoms with Crippen molar-refractivity contribution in [1.29, 1.82) is 0 Å². The van der Waals surface area contributed by atoms with Crippen molar-refractivity contribution >= 4 is 5.69 Å². The van der Waals surface area contributed by atoms with Crippen molar-refractivity contribution in [2.45, 2.75) is 20.5 Å². The Balaban J connectivity index is 2.50. The van der Waals surface area contributed by atoms with E-state index in [1.165, 1.54) is 6.07 Å². The van der Waals surface area contributed by atoms with E-state index in [0.717, 1.165) is 19.6 Å². The number of para-hydroxylation sites is 2. The number of benzene rings is 1. The van der Waals surface area contributed by atoms with Crippen LogP contribution < -0.4 is 10.1 Å². The number of ether oxygens (including phenoxy) is 1. The second-order valence-corrected chi connectivity index (χ2v) is 3.83. The number of hydrogen-bond acceptors (Lipinski definition) is 3. The Kier molecular flexibility index (Phi) is 6.43. The third-order valence-electron chi connectivity index (χ3n) is 2.74. The van der Waals surface area contributed by atoms with E-state index in [4.69, 9.17) is 0 Å². The molecule has 18 heavy (non-hydrogen) atoms. The van der Waals surface area contributed by atoms with Gasteiger partial charge >= 0.3 is 6.61 Å². The van der Waals surface area contributed by atoms with Crippen LogP contribution in [0, 0.1) is 0 Å². The Hall–Kier alpha value is -1.36. The van der Waals surface area contributed by atoms with E-state index in [2.05, 4.69) is 28.8 Å². The zero-order valence-electron chi connectivity index (χ0n) is 10.8. The number of nitrogens with zero attached hydrogens (tertiary/aromatic N) is 1. The number of likely N-dealkylation sites (N-methyl/N-ethyl adjacent to an activating group) is 1. The molecule has 0 aliphatic rings. The van der Waals surface area contributed by atoms with Crippen LogP contribution in [-0.4, -0.2) is 37.7 Å². The van der Waals surface area contributed by atoms with E-state index >= 15 is 0 Å². The van der Waals surface area contributed by atoms with Gasteiger partial charge in [0, 0.05) is 13.1 Å². The lowest BCUT2D eigenvalue weighted by Gasteiger charge is -2.19. The first-order chi connectivity index (χ1) is 8.67. The van der Waals surface area contributed by atoms with Gasteiger partial charge in [0.05, 0.1) is 5.69 Å². The number of halogens is 2. The molecule has 0 unspecified atom stereocenters. The van der Waals surface area contributed by atoms with Crippen molar-refractivity contribution in [3.8, 4) is 5.75 Å². The van der Waals surface area contributed by atoms with E-state index in [-0.39, 0.29) is 5.75 Å². The van der Waals surface area contributed by atoms with Gasteiger partial charge in [-0.3, -0.25) is 0 Å². The van der Waals surface area contributed by atoms with Crippen LogP contribution in [-0.2, 0) is 0 Å². The molecule has 0 heterocycles. The maximum Gasteiger partial charge on any atom is 0.387 e. The van der Waals surface area contributed by atoms with Crippen LogP contribution in [0.5, 0.6) is 5.75 Å². The predicted molar refractivity (Wildman–Crippen MR) is 69.4 cm³/mol. The molecule has 0 aliphatic carbocycles. The van der Waals surface area contributed by atoms with E-state index in [1.54, 1.807) is 18.2 Å². The second kappa shape index (κ2) is 7.87. The number of alkyl halides is 2. The minimum Gasteiger partial charge on any atom is -0.433 e. The summed E-state index contributed by atoms with van der Waals surface area (Å²) in [6, 6.07) is 6.73. The number of nitrogens with one attached hydrogen (secondary N) is 1. The fourth-order valence-electron chi connectivity index (χ4n) is 1.70. The van der Waals surface area contributed by atoms with Crippen LogP contribution in [0.1, 0.15) is 13.8 Å². The summed E-state index contributed by atoms with van der Waals surface area (Å²) in [7, 11) is 0. The van der Waals surface area contributed by atoms with Gasteiger partial charge in [0.25, 0.3) is 0 Å². The van der Waals surface area contributed by atoms with Gasteiger partial charge in [-0.25, -0.2) is 0 Å². The molecule has 0 spiro atoms. The first-order valence-corrected chi connectivity index (χ1v) is 6.17. The molecule has 0 fully saturated rings. The minimum absolute atomic E-state index is 0.187. The van der Waals surface area contributed by atoms with E-state index in [9.17, 15) is 8.78 Å². The van der Waals surface area contributed by atoms with Gasteiger partial charge in [-0.2, -0.15) is 8.78 Å². The molecule has 0 radical (unpaired) electrons. The fourth-order valence-corrected chi connectivity index (χ4v) is 1.70. The predicted octanol–water partition coefficient (Wildman–Crippen LogP) is 3.04. The summed E-state index contributed by atoms with van der Waals surface area (Å²) in [4.78, 5) is 2.25. The van der Waals surface area contributed by atoms with Crippen molar-refractivity contribution in [3.63, 3.8) is 0 Å². The molecule has 0 aliphatic heterocycles. The Morgan fingerprint density at radius 3 is 2.50 bits per heavy atom. The minimum atomic E-state index is -2.80. The molecule has 0 aromatic heterocycles. The normalized spacial score (nSPS) is 11.0. The van der Waals surface area contributed by atoms with Gasteiger partial charge in [0.15, 0.2) is 0 Å². The maximum atomic E-state index is 12.2. The van der Waals surface area contributed by atoms with Gasteiger partial charge in [0.1, 0.15) is 5.75 Å². The molecule has 5 heteroatoms. The lowest BCUT2D eigenvalue weighted by molar-refractivity contribution is -0.0493. The molecule has 1 N–H and O–H groups in total. The number of anilines is 1. The maximum absolute atomic E-state index is 12.2. The van der Waals surface area contributed by atoms with Crippen LogP contribution in [0.25, 0.3) is 0 Å². The smallest absolute Gasteiger partial charge is 0.387 e. The van der Waals surface area contributed by atoms with Gasteiger partial charge in [-0.05, 0) is 25.2 Å². The Morgan fingerprint density at radius 1 is 1.22 bits per heavy atom. The average molecular weight is 258 g/mol. The molecule has 3 nitrogen and oxygen atoms in total. The summed E-state index contributed by atoms with van der Waals surface area (Å²) in [6.45, 7) is 4.92. The van der Waals surface area contributed by atoms with Crippen LogP contribution in [0.15, 0.2) is 24.3 Å². The molecule has 0 saturated carbocycles. The van der Waals surface area contributed by atoms with Gasteiger partial charge in [0.2, 0.25) is 0 Å². The third kappa shape index (κ3) is 4.87. The molecule has 0 amide bonds. The highest BCUT2D eigenvalue weighted by Gasteiger charge is 2.08. The summed E-state index contributed by atoms with van der Waals surface area (Å²) in [5, 5.41) is 3.12. The van der Waals surface area contributed by atoms with Gasteiger partial charge in [-0.1, -0.05) is 26.0 Å². The van der Waals surface area contributed by atoms with Crippen LogP contribution in [0.4, 0.5) is 14.5 Å². The standard InChI is InChI=1S/C13H20F2N2O/c1-3-17(4-2)10-9-16-11-7-5-6-8-12(11)18-13(14)15/h5-8,13,16H,3-4,9-10H2,1-2H3. The topological polar surface area (TPSA) is 24.5 Å². The van der Waals surface area contributed by atoms with E-state index < -0.39 is 6.61 Å². The summed E-state index contributed by atoms with van der Waals surface area (Å²) < 4.78 is 28.8. The number of rotatable bonds is 8. The Morgan fingerprint density at radius 2 is 1.89 bits per heavy atom. The lowest BCUT2D eigenvalue weighted by Crippen LogP contribution is -2.28. The lowest BCUT2D eigenvalue weighted by atomic mass is 10.3. The SMILES string of the molecule is CCN(CC)CCNc1ccccc1OC(F)F. The summed E-state index contributed by atoms with van der Waals surface area (Å²) in [5.41, 5.74) is 0.602. The molecule has 1 rings (SSSR count). The van der Waals surface area contributed by atoms with Crippen LogP contribution in [0.3, 0.4) is 0 Å². The Bertz CT molecular complexity index is 344. The second-order valence-electron chi connectivity index (χ2n) is 3.83. The van der Waals surface area contributed by atoms with Crippen LogP contribution in [0.2, 0.25) is 0 Å². The zero-order chi connectivity index (χ0) is 13.4. The Labute approximate surface area is 107 Å². The molecular weight excluding hydrogens is 238 g/mol. The van der Waals surface area contributed by atoms with E-state index in [1.807, 2.05) is 0 Å². The molecule has 102 valence electrons. The molecule has 1 aromatic rings.